The summed E-state index contributed by atoms with van der Waals surface area (Å²) < 4.78 is 22.5. The van der Waals surface area contributed by atoms with Crippen molar-refractivity contribution in [2.45, 2.75) is 6.10 Å². The highest BCUT2D eigenvalue weighted by Crippen LogP contribution is 2.30. The Bertz CT molecular complexity index is 1590. The van der Waals surface area contributed by atoms with Gasteiger partial charge in [-0.05, 0) is 42.5 Å². The van der Waals surface area contributed by atoms with Crippen molar-refractivity contribution < 1.29 is 13.9 Å². The number of fused-ring (bicyclic) bond motifs is 1. The van der Waals surface area contributed by atoms with E-state index in [1.807, 2.05) is 25.4 Å². The number of aromatic nitrogens is 6. The van der Waals surface area contributed by atoms with Crippen LogP contribution in [0.15, 0.2) is 67.3 Å². The lowest BCUT2D eigenvalue weighted by atomic mass is 10.0. The number of hydrogen-bond acceptors (Lipinski definition) is 7. The molecule has 37 heavy (non-hydrogen) atoms. The molecule has 1 saturated heterocycles. The van der Waals surface area contributed by atoms with Gasteiger partial charge in [-0.2, -0.15) is 10.2 Å². The minimum Gasteiger partial charge on any atom is -0.371 e. The summed E-state index contributed by atoms with van der Waals surface area (Å²) in [5.74, 6) is -0.248. The number of ether oxygens (including phenoxy) is 1. The van der Waals surface area contributed by atoms with Crippen molar-refractivity contribution in [1.29, 1.82) is 0 Å². The average molecular weight is 499 g/mol. The molecule has 0 spiro atoms. The van der Waals surface area contributed by atoms with Crippen LogP contribution in [0.3, 0.4) is 0 Å². The topological polar surface area (TPSA) is 111 Å². The largest absolute Gasteiger partial charge is 0.371 e. The van der Waals surface area contributed by atoms with Crippen molar-refractivity contribution in [3.8, 4) is 22.5 Å². The van der Waals surface area contributed by atoms with Gasteiger partial charge in [0.25, 0.3) is 5.91 Å². The monoisotopic (exact) mass is 498 g/mol. The number of carbonyl (C=O) groups excluding carboxylic acids is 1. The molecular formula is C26H23FN8O2. The van der Waals surface area contributed by atoms with Crippen molar-refractivity contribution in [2.75, 3.05) is 25.0 Å². The first-order valence-electron chi connectivity index (χ1n) is 11.8. The molecule has 5 heterocycles. The zero-order valence-electron chi connectivity index (χ0n) is 19.9. The number of pyridine rings is 1. The van der Waals surface area contributed by atoms with Crippen LogP contribution in [0.4, 0.5) is 10.2 Å². The lowest BCUT2D eigenvalue weighted by molar-refractivity contribution is 0.0269. The molecule has 1 fully saturated rings. The number of nitrogens with one attached hydrogen (secondary N) is 2. The Kier molecular flexibility index (Phi) is 5.91. The SMILES string of the molecule is Cn1cc(-c2ccc3nc(NC(=O)c4ccncc4C4CNCCO4)cn3n2)c(-c2ccc(F)cc2)n1. The third-order valence-electron chi connectivity index (χ3n) is 6.16. The lowest BCUT2D eigenvalue weighted by Gasteiger charge is -2.25. The van der Waals surface area contributed by atoms with E-state index >= 15 is 0 Å². The number of imidazole rings is 1. The molecule has 11 heteroatoms. The predicted octanol–water partition coefficient (Wildman–Crippen LogP) is 3.24. The van der Waals surface area contributed by atoms with Gasteiger partial charge in [-0.15, -0.1) is 0 Å². The quantitative estimate of drug-likeness (QED) is 0.383. The normalized spacial score (nSPS) is 15.7. The highest BCUT2D eigenvalue weighted by Gasteiger charge is 2.23. The second kappa shape index (κ2) is 9.52. The van der Waals surface area contributed by atoms with Crippen LogP contribution >= 0.6 is 0 Å². The summed E-state index contributed by atoms with van der Waals surface area (Å²) in [6.07, 6.45) is 6.52. The number of rotatable bonds is 5. The van der Waals surface area contributed by atoms with Crippen molar-refractivity contribution in [2.24, 2.45) is 7.05 Å². The van der Waals surface area contributed by atoms with Gasteiger partial charge < -0.3 is 15.4 Å². The molecule has 1 atom stereocenters. The standard InChI is InChI=1S/C26H23FN8O2/c1-34-14-20(25(33-34)16-2-4-17(27)5-3-16)21-6-7-24-30-23(15-35(24)32-21)31-26(36)18-8-9-28-12-19(18)22-13-29-10-11-37-22/h2-9,12,14-15,22,29H,10-11,13H2,1H3,(H,31,36). The van der Waals surface area contributed by atoms with Crippen LogP contribution in [0.25, 0.3) is 28.2 Å². The number of halogens is 1. The number of morpholine rings is 1. The molecule has 1 aromatic carbocycles. The van der Waals surface area contributed by atoms with Gasteiger partial charge in [0.05, 0.1) is 24.6 Å². The van der Waals surface area contributed by atoms with E-state index in [1.54, 1.807) is 46.0 Å². The van der Waals surface area contributed by atoms with E-state index in [0.29, 0.717) is 41.6 Å². The lowest BCUT2D eigenvalue weighted by Crippen LogP contribution is -2.34. The highest BCUT2D eigenvalue weighted by atomic mass is 19.1. The minimum absolute atomic E-state index is 0.247. The van der Waals surface area contributed by atoms with Crippen LogP contribution in [0.2, 0.25) is 0 Å². The van der Waals surface area contributed by atoms with Gasteiger partial charge in [-0.1, -0.05) is 0 Å². The van der Waals surface area contributed by atoms with E-state index in [0.717, 1.165) is 23.2 Å². The Morgan fingerprint density at radius 2 is 2.00 bits per heavy atom. The van der Waals surface area contributed by atoms with Crippen LogP contribution in [-0.2, 0) is 11.8 Å². The van der Waals surface area contributed by atoms with Gasteiger partial charge in [0.1, 0.15) is 11.5 Å². The summed E-state index contributed by atoms with van der Waals surface area (Å²) in [6.45, 7) is 1.96. The van der Waals surface area contributed by atoms with Gasteiger partial charge in [-0.25, -0.2) is 13.9 Å². The molecular weight excluding hydrogens is 475 g/mol. The molecule has 0 bridgehead atoms. The van der Waals surface area contributed by atoms with Crippen LogP contribution < -0.4 is 10.6 Å². The van der Waals surface area contributed by atoms with Gasteiger partial charge >= 0.3 is 0 Å². The predicted molar refractivity (Wildman–Crippen MR) is 134 cm³/mol. The van der Waals surface area contributed by atoms with Crippen LogP contribution in [0.1, 0.15) is 22.0 Å². The fourth-order valence-corrected chi connectivity index (χ4v) is 4.40. The number of aryl methyl sites for hydroxylation is 1. The first-order chi connectivity index (χ1) is 18.0. The molecule has 186 valence electrons. The maximum atomic E-state index is 13.4. The van der Waals surface area contributed by atoms with Gasteiger partial charge in [0.15, 0.2) is 11.5 Å². The second-order valence-electron chi connectivity index (χ2n) is 8.70. The molecule has 1 aliphatic rings. The molecule has 4 aromatic heterocycles. The Balaban J connectivity index is 1.28. The van der Waals surface area contributed by atoms with Gasteiger partial charge in [0, 0.05) is 61.0 Å². The zero-order chi connectivity index (χ0) is 25.4. The average Bonchev–Trinajstić information content (AvgIpc) is 3.51. The summed E-state index contributed by atoms with van der Waals surface area (Å²) in [6, 6.07) is 11.5. The molecule has 2 N–H and O–H groups in total. The molecule has 1 amide bonds. The Labute approximate surface area is 211 Å². The molecule has 0 saturated carbocycles. The number of anilines is 1. The fourth-order valence-electron chi connectivity index (χ4n) is 4.40. The van der Waals surface area contributed by atoms with Crippen molar-refractivity contribution in [3.63, 3.8) is 0 Å². The fraction of sp³-hybridized carbons (Fsp3) is 0.192. The first kappa shape index (κ1) is 23.0. The Hall–Kier alpha value is -4.48. The first-order valence-corrected chi connectivity index (χ1v) is 11.8. The summed E-state index contributed by atoms with van der Waals surface area (Å²) in [5, 5.41) is 15.4. The number of amides is 1. The third-order valence-corrected chi connectivity index (χ3v) is 6.16. The molecule has 10 nitrogen and oxygen atoms in total. The summed E-state index contributed by atoms with van der Waals surface area (Å²) in [7, 11) is 1.82. The van der Waals surface area contributed by atoms with Crippen molar-refractivity contribution in [3.05, 3.63) is 84.2 Å². The van der Waals surface area contributed by atoms with Crippen LogP contribution in [-0.4, -0.2) is 55.0 Å². The molecule has 1 unspecified atom stereocenters. The van der Waals surface area contributed by atoms with Gasteiger partial charge in [-0.3, -0.25) is 14.5 Å². The number of benzene rings is 1. The van der Waals surface area contributed by atoms with E-state index in [2.05, 4.69) is 25.7 Å². The minimum atomic E-state index is -0.310. The summed E-state index contributed by atoms with van der Waals surface area (Å²) in [4.78, 5) is 21.8. The highest BCUT2D eigenvalue weighted by molar-refractivity contribution is 6.05. The summed E-state index contributed by atoms with van der Waals surface area (Å²) in [5.41, 5.74) is 4.69. The van der Waals surface area contributed by atoms with E-state index in [-0.39, 0.29) is 17.8 Å². The third kappa shape index (κ3) is 4.57. The number of hydrogen-bond donors (Lipinski definition) is 2. The van der Waals surface area contributed by atoms with Crippen LogP contribution in [0, 0.1) is 5.82 Å². The maximum Gasteiger partial charge on any atom is 0.257 e. The van der Waals surface area contributed by atoms with E-state index in [1.165, 1.54) is 12.1 Å². The molecule has 5 aromatic rings. The smallest absolute Gasteiger partial charge is 0.257 e. The molecule has 0 aliphatic carbocycles. The maximum absolute atomic E-state index is 13.4. The van der Waals surface area contributed by atoms with Crippen molar-refractivity contribution >= 4 is 17.4 Å². The molecule has 6 rings (SSSR count). The zero-order valence-corrected chi connectivity index (χ0v) is 19.9. The van der Waals surface area contributed by atoms with E-state index < -0.39 is 0 Å². The number of carbonyl (C=O) groups is 1. The molecule has 1 aliphatic heterocycles. The summed E-state index contributed by atoms with van der Waals surface area (Å²) >= 11 is 0. The molecule has 0 radical (unpaired) electrons. The second-order valence-corrected chi connectivity index (χ2v) is 8.70. The Morgan fingerprint density at radius 3 is 2.81 bits per heavy atom. The van der Waals surface area contributed by atoms with Gasteiger partial charge in [0.2, 0.25) is 0 Å². The van der Waals surface area contributed by atoms with Crippen LogP contribution in [0.5, 0.6) is 0 Å². The Morgan fingerprint density at radius 1 is 1.14 bits per heavy atom. The van der Waals surface area contributed by atoms with E-state index in [9.17, 15) is 9.18 Å². The van der Waals surface area contributed by atoms with Crippen molar-refractivity contribution in [1.82, 2.24) is 34.7 Å². The van der Waals surface area contributed by atoms with E-state index in [4.69, 9.17) is 9.84 Å². The number of nitrogens with zero attached hydrogens (tertiary/aromatic N) is 6.